The third-order valence-corrected chi connectivity index (χ3v) is 11.6. The Kier molecular flexibility index (Phi) is 12.4. The predicted molar refractivity (Wildman–Crippen MR) is 218 cm³/mol. The number of carbonyl (C=O) groups is 3. The van der Waals surface area contributed by atoms with Crippen molar-refractivity contribution in [2.45, 2.75) is 78.2 Å². The van der Waals surface area contributed by atoms with Crippen molar-refractivity contribution in [3.63, 3.8) is 0 Å². The predicted octanol–water partition coefficient (Wildman–Crippen LogP) is 8.12. The van der Waals surface area contributed by atoms with Crippen LogP contribution in [0.2, 0.25) is 5.02 Å². The van der Waals surface area contributed by atoms with Gasteiger partial charge in [-0.1, -0.05) is 73.3 Å². The maximum absolute atomic E-state index is 13.2. The van der Waals surface area contributed by atoms with Gasteiger partial charge in [-0.3, -0.25) is 29.3 Å². The number of unbranched alkanes of at least 4 members (excludes halogenated alkanes) is 4. The molecule has 0 spiro atoms. The highest BCUT2D eigenvalue weighted by Gasteiger charge is 2.32. The Morgan fingerprint density at radius 1 is 0.911 bits per heavy atom. The molecular formula is C43H45ClN6O5S. The van der Waals surface area contributed by atoms with Crippen LogP contribution in [0.15, 0.2) is 71.7 Å². The van der Waals surface area contributed by atoms with Gasteiger partial charge in [-0.2, -0.15) is 0 Å². The Balaban J connectivity index is 0.837. The molecule has 0 aliphatic carbocycles. The van der Waals surface area contributed by atoms with Crippen LogP contribution in [-0.2, 0) is 27.2 Å². The van der Waals surface area contributed by atoms with Crippen LogP contribution in [0, 0.1) is 20.8 Å². The lowest BCUT2D eigenvalue weighted by Crippen LogP contribution is -2.37. The number of nitrogens with one attached hydrogen (secondary N) is 2. The van der Waals surface area contributed by atoms with Crippen LogP contribution in [0.5, 0.6) is 11.5 Å². The number of hydrogen-bond acceptors (Lipinski definition) is 9. The molecule has 56 heavy (non-hydrogen) atoms. The van der Waals surface area contributed by atoms with E-state index in [0.717, 1.165) is 83.1 Å². The Morgan fingerprint density at radius 3 is 2.52 bits per heavy atom. The van der Waals surface area contributed by atoms with E-state index in [4.69, 9.17) is 26.1 Å². The number of aryl methyl sites for hydroxylation is 3. The summed E-state index contributed by atoms with van der Waals surface area (Å²) in [4.78, 5) is 44.0. The fourth-order valence-electron chi connectivity index (χ4n) is 7.20. The molecule has 3 amide bonds. The summed E-state index contributed by atoms with van der Waals surface area (Å²) < 4.78 is 14.1. The number of thiophene rings is 1. The van der Waals surface area contributed by atoms with E-state index in [1.54, 1.807) is 23.5 Å². The van der Waals surface area contributed by atoms with E-state index < -0.39 is 11.9 Å². The minimum absolute atomic E-state index is 0.125. The number of amides is 3. The van der Waals surface area contributed by atoms with Crippen molar-refractivity contribution in [2.24, 2.45) is 4.99 Å². The summed E-state index contributed by atoms with van der Waals surface area (Å²) in [7, 11) is 0. The molecule has 11 nitrogen and oxygen atoms in total. The molecule has 2 aliphatic heterocycles. The molecule has 5 aromatic rings. The van der Waals surface area contributed by atoms with Crippen molar-refractivity contribution in [2.75, 3.05) is 19.8 Å². The normalized spacial score (nSPS) is 14.6. The minimum atomic E-state index is -0.520. The molecule has 2 aliphatic rings. The van der Waals surface area contributed by atoms with Gasteiger partial charge in [0.15, 0.2) is 5.82 Å². The number of aliphatic imine (C=N–C) groups is 1. The van der Waals surface area contributed by atoms with Gasteiger partial charge in [-0.15, -0.1) is 21.5 Å². The van der Waals surface area contributed by atoms with E-state index in [9.17, 15) is 14.4 Å². The number of fused-ring (bicyclic) bond motifs is 4. The van der Waals surface area contributed by atoms with Crippen molar-refractivity contribution in [3.05, 3.63) is 122 Å². The molecule has 2 N–H and O–H groups in total. The zero-order valence-corrected chi connectivity index (χ0v) is 33.4. The summed E-state index contributed by atoms with van der Waals surface area (Å²) in [5.41, 5.74) is 6.11. The van der Waals surface area contributed by atoms with Crippen molar-refractivity contribution >= 4 is 46.4 Å². The van der Waals surface area contributed by atoms with Gasteiger partial charge in [0.1, 0.15) is 28.4 Å². The molecule has 0 saturated carbocycles. The van der Waals surface area contributed by atoms with E-state index >= 15 is 0 Å². The first-order valence-corrected chi connectivity index (χ1v) is 20.3. The first-order valence-electron chi connectivity index (χ1n) is 19.1. The van der Waals surface area contributed by atoms with Crippen LogP contribution in [-0.4, -0.2) is 58.0 Å². The van der Waals surface area contributed by atoms with Crippen LogP contribution < -0.4 is 15.4 Å². The standard InChI is InChI=1S/C43H45ClN6O5S/c1-26-27(2)56-43-38(26)40(30-17-19-32(44)20-18-30)46-33(41-49-48-28(3)50(41)43)25-36(51)45-21-23-54-22-10-6-4-5-7-12-29-13-8-9-15-34(29)55-35-16-11-14-31-24-37(52)47-42(53)39(31)35/h8-9,11,13-20,33H,4-7,10,12,21-25H2,1-3H3,(H,45,51)(H,47,52,53)/t33-/m0/s1. The van der Waals surface area contributed by atoms with Crippen LogP contribution >= 0.6 is 22.9 Å². The summed E-state index contributed by atoms with van der Waals surface area (Å²) in [5.74, 6) is 1.73. The van der Waals surface area contributed by atoms with E-state index in [1.807, 2.05) is 60.0 Å². The average molecular weight is 793 g/mol. The summed E-state index contributed by atoms with van der Waals surface area (Å²) >= 11 is 7.91. The second-order valence-electron chi connectivity index (χ2n) is 14.1. The number of hydrogen-bond donors (Lipinski definition) is 2. The van der Waals surface area contributed by atoms with Gasteiger partial charge in [-0.05, 0) is 81.0 Å². The second-order valence-corrected chi connectivity index (χ2v) is 15.8. The van der Waals surface area contributed by atoms with E-state index in [1.165, 1.54) is 4.88 Å². The molecule has 3 aromatic carbocycles. The van der Waals surface area contributed by atoms with Gasteiger partial charge < -0.3 is 14.8 Å². The number of nitrogens with zero attached hydrogens (tertiary/aromatic N) is 4. The van der Waals surface area contributed by atoms with Crippen LogP contribution in [0.1, 0.15) is 99.3 Å². The average Bonchev–Trinajstić information content (AvgIpc) is 3.66. The maximum Gasteiger partial charge on any atom is 0.261 e. The van der Waals surface area contributed by atoms with Crippen LogP contribution in [0.3, 0.4) is 0 Å². The Morgan fingerprint density at radius 2 is 1.68 bits per heavy atom. The van der Waals surface area contributed by atoms with E-state index in [-0.39, 0.29) is 24.7 Å². The lowest BCUT2D eigenvalue weighted by atomic mass is 9.99. The number of benzene rings is 3. The number of aromatic nitrogens is 3. The molecule has 2 aromatic heterocycles. The monoisotopic (exact) mass is 792 g/mol. The van der Waals surface area contributed by atoms with Crippen LogP contribution in [0.25, 0.3) is 5.00 Å². The minimum Gasteiger partial charge on any atom is -0.456 e. The third kappa shape index (κ3) is 8.77. The fraction of sp³-hybridized carbons (Fsp3) is 0.349. The van der Waals surface area contributed by atoms with Crippen molar-refractivity contribution in [1.82, 2.24) is 25.4 Å². The molecule has 0 fully saturated rings. The topological polar surface area (TPSA) is 137 Å². The lowest BCUT2D eigenvalue weighted by molar-refractivity contribution is -0.122. The first kappa shape index (κ1) is 39.1. The van der Waals surface area contributed by atoms with Crippen molar-refractivity contribution < 1.29 is 23.9 Å². The van der Waals surface area contributed by atoms with Gasteiger partial charge in [0.05, 0.1) is 30.7 Å². The molecular weight excluding hydrogens is 748 g/mol. The third-order valence-electron chi connectivity index (χ3n) is 10.2. The quantitative estimate of drug-likeness (QED) is 0.0761. The highest BCUT2D eigenvalue weighted by atomic mass is 35.5. The SMILES string of the molecule is Cc1sc2c(c1C)C(c1ccc(Cl)cc1)=N[C@@H](CC(=O)NCCOCCCCCCCc1ccccc1Oc1cccc3c1C(=O)NC(=O)C3)c1nnc(C)n1-2. The Hall–Kier alpha value is -5.17. The lowest BCUT2D eigenvalue weighted by Gasteiger charge is -2.19. The number of halogens is 1. The van der Waals surface area contributed by atoms with Gasteiger partial charge in [0.2, 0.25) is 11.8 Å². The summed E-state index contributed by atoms with van der Waals surface area (Å²) in [6.45, 7) is 7.61. The van der Waals surface area contributed by atoms with Crippen molar-refractivity contribution in [3.8, 4) is 16.5 Å². The molecule has 1 atom stereocenters. The Labute approximate surface area is 335 Å². The van der Waals surface area contributed by atoms with Gasteiger partial charge in [-0.25, -0.2) is 0 Å². The number of ether oxygens (including phenoxy) is 2. The summed E-state index contributed by atoms with van der Waals surface area (Å²) in [5, 5.41) is 15.9. The highest BCUT2D eigenvalue weighted by molar-refractivity contribution is 7.15. The zero-order chi connectivity index (χ0) is 39.2. The number of para-hydroxylation sites is 1. The summed E-state index contributed by atoms with van der Waals surface area (Å²) in [6, 6.07) is 20.4. The first-order chi connectivity index (χ1) is 27.2. The van der Waals surface area contributed by atoms with E-state index in [0.29, 0.717) is 47.5 Å². The van der Waals surface area contributed by atoms with Gasteiger partial charge in [0, 0.05) is 34.2 Å². The zero-order valence-electron chi connectivity index (χ0n) is 31.8. The number of imide groups is 1. The van der Waals surface area contributed by atoms with Crippen LogP contribution in [0.4, 0.5) is 0 Å². The van der Waals surface area contributed by atoms with Gasteiger partial charge in [0.25, 0.3) is 5.91 Å². The molecule has 0 bridgehead atoms. The van der Waals surface area contributed by atoms with E-state index in [2.05, 4.69) is 40.7 Å². The van der Waals surface area contributed by atoms with Crippen molar-refractivity contribution in [1.29, 1.82) is 0 Å². The molecule has 0 saturated heterocycles. The summed E-state index contributed by atoms with van der Waals surface area (Å²) in [6.07, 6.45) is 6.30. The highest BCUT2D eigenvalue weighted by Crippen LogP contribution is 2.40. The molecule has 0 unspecified atom stereocenters. The molecule has 0 radical (unpaired) electrons. The molecule has 13 heteroatoms. The van der Waals surface area contributed by atoms with Gasteiger partial charge >= 0.3 is 0 Å². The largest absolute Gasteiger partial charge is 0.456 e. The fourth-order valence-corrected chi connectivity index (χ4v) is 8.54. The number of rotatable bonds is 16. The molecule has 4 heterocycles. The molecule has 7 rings (SSSR count). The molecule has 290 valence electrons. The maximum atomic E-state index is 13.2. The number of carbonyl (C=O) groups excluding carboxylic acids is 3. The smallest absolute Gasteiger partial charge is 0.261 e. The second kappa shape index (κ2) is 17.7. The Bertz CT molecular complexity index is 2280.